The van der Waals surface area contributed by atoms with Crippen molar-refractivity contribution in [3.63, 3.8) is 0 Å². The smallest absolute Gasteiger partial charge is 0.433 e. The van der Waals surface area contributed by atoms with E-state index in [4.69, 9.17) is 16.3 Å². The van der Waals surface area contributed by atoms with Crippen molar-refractivity contribution in [3.8, 4) is 11.5 Å². The Morgan fingerprint density at radius 3 is 2.53 bits per heavy atom. The van der Waals surface area contributed by atoms with Crippen molar-refractivity contribution in [2.75, 3.05) is 5.32 Å². The van der Waals surface area contributed by atoms with E-state index in [0.29, 0.717) is 10.8 Å². The van der Waals surface area contributed by atoms with Gasteiger partial charge in [-0.25, -0.2) is 18.1 Å². The van der Waals surface area contributed by atoms with E-state index in [0.717, 1.165) is 6.20 Å². The number of aliphatic imine (C=N–C) groups is 1. The lowest BCUT2D eigenvalue weighted by Gasteiger charge is -2.24. The molecule has 0 unspecified atom stereocenters. The lowest BCUT2D eigenvalue weighted by molar-refractivity contribution is -0.141. The van der Waals surface area contributed by atoms with Crippen molar-refractivity contribution in [3.05, 3.63) is 77.1 Å². The molecule has 12 heteroatoms. The van der Waals surface area contributed by atoms with Gasteiger partial charge in [-0.1, -0.05) is 35.9 Å². The van der Waals surface area contributed by atoms with Crippen LogP contribution in [0.2, 0.25) is 5.02 Å². The van der Waals surface area contributed by atoms with Crippen LogP contribution in [-0.2, 0) is 22.7 Å². The minimum absolute atomic E-state index is 0.0761. The molecule has 7 nitrogen and oxygen atoms in total. The summed E-state index contributed by atoms with van der Waals surface area (Å²) >= 11 is 6.11. The van der Waals surface area contributed by atoms with Gasteiger partial charge in [0.15, 0.2) is 5.75 Å². The molecule has 0 saturated carbocycles. The molecule has 1 aliphatic heterocycles. The van der Waals surface area contributed by atoms with Gasteiger partial charge in [0.2, 0.25) is 5.96 Å². The number of aromatic nitrogens is 1. The molecule has 3 aromatic rings. The molecule has 2 heterocycles. The highest BCUT2D eigenvalue weighted by Crippen LogP contribution is 2.38. The molecule has 1 aromatic heterocycles. The topological polar surface area (TPSA) is 92.7 Å². The molecule has 2 aromatic carbocycles. The van der Waals surface area contributed by atoms with E-state index in [1.165, 1.54) is 30.3 Å². The normalized spacial score (nSPS) is 16.1. The summed E-state index contributed by atoms with van der Waals surface area (Å²) in [7, 11) is -4.05. The number of halogens is 4. The fourth-order valence-corrected chi connectivity index (χ4v) is 4.31. The Balaban J connectivity index is 1.68. The lowest BCUT2D eigenvalue weighted by Crippen LogP contribution is -2.41. The average Bonchev–Trinajstić information content (AvgIpc) is 2.73. The maximum absolute atomic E-state index is 13.2. The van der Waals surface area contributed by atoms with Crippen LogP contribution in [0.3, 0.4) is 0 Å². The second-order valence-corrected chi connectivity index (χ2v) is 8.62. The number of anilines is 1. The molecule has 0 amide bonds. The molecular formula is C20H14ClF3N4O3S. The number of nitrogens with zero attached hydrogens (tertiary/aromatic N) is 2. The predicted molar refractivity (Wildman–Crippen MR) is 112 cm³/mol. The Morgan fingerprint density at radius 2 is 1.78 bits per heavy atom. The zero-order valence-corrected chi connectivity index (χ0v) is 17.6. The van der Waals surface area contributed by atoms with Crippen molar-refractivity contribution in [1.82, 2.24) is 9.71 Å². The monoisotopic (exact) mass is 482 g/mol. The summed E-state index contributed by atoms with van der Waals surface area (Å²) in [6.07, 6.45) is -3.64. The molecule has 0 atom stereocenters. The number of ether oxygens (including phenoxy) is 1. The Morgan fingerprint density at radius 1 is 1.03 bits per heavy atom. The molecule has 4 rings (SSSR count). The van der Waals surface area contributed by atoms with Crippen LogP contribution in [-0.4, -0.2) is 19.4 Å². The zero-order chi connectivity index (χ0) is 22.9. The van der Waals surface area contributed by atoms with Crippen molar-refractivity contribution in [1.29, 1.82) is 0 Å². The fraction of sp³-hybridized carbons (Fsp3) is 0.100. The highest BCUT2D eigenvalue weighted by Gasteiger charge is 2.35. The second kappa shape index (κ2) is 8.32. The highest BCUT2D eigenvalue weighted by molar-refractivity contribution is 7.90. The van der Waals surface area contributed by atoms with Gasteiger partial charge in [-0.05, 0) is 30.3 Å². The Kier molecular flexibility index (Phi) is 5.70. The summed E-state index contributed by atoms with van der Waals surface area (Å²) in [4.78, 5) is 7.23. The van der Waals surface area contributed by atoms with Crippen LogP contribution in [0.4, 0.5) is 18.9 Å². The minimum atomic E-state index is -4.67. The third kappa shape index (κ3) is 4.48. The van der Waals surface area contributed by atoms with Gasteiger partial charge in [-0.3, -0.25) is 4.98 Å². The number of hydrogen-bond acceptors (Lipinski definition) is 5. The van der Waals surface area contributed by atoms with Crippen molar-refractivity contribution < 1.29 is 26.3 Å². The van der Waals surface area contributed by atoms with Crippen LogP contribution >= 0.6 is 11.6 Å². The Labute approximate surface area is 186 Å². The summed E-state index contributed by atoms with van der Waals surface area (Å²) < 4.78 is 72.8. The third-order valence-electron chi connectivity index (χ3n) is 4.38. The summed E-state index contributed by atoms with van der Waals surface area (Å²) in [5.74, 6) is 0.180. The molecule has 0 bridgehead atoms. The van der Waals surface area contributed by atoms with Crippen LogP contribution in [0.1, 0.15) is 11.3 Å². The summed E-state index contributed by atoms with van der Waals surface area (Å²) in [6, 6.07) is 13.5. The largest absolute Gasteiger partial charge is 0.454 e. The molecule has 0 saturated heterocycles. The third-order valence-corrected chi connectivity index (χ3v) is 6.07. The SMILES string of the molecule is O=S1(=O)NC(=NCc2cccnc2C(F)(F)F)Nc2c(Oc3ccccc3Cl)cccc21. The van der Waals surface area contributed by atoms with Crippen molar-refractivity contribution in [2.24, 2.45) is 4.99 Å². The van der Waals surface area contributed by atoms with E-state index in [2.05, 4.69) is 20.0 Å². The maximum atomic E-state index is 13.2. The van der Waals surface area contributed by atoms with Gasteiger partial charge in [0.1, 0.15) is 22.0 Å². The number of nitrogens with one attached hydrogen (secondary N) is 2. The first-order valence-electron chi connectivity index (χ1n) is 9.06. The maximum Gasteiger partial charge on any atom is 0.433 e. The van der Waals surface area contributed by atoms with E-state index < -0.39 is 28.4 Å². The van der Waals surface area contributed by atoms with Gasteiger partial charge in [0, 0.05) is 11.8 Å². The number of pyridine rings is 1. The summed E-state index contributed by atoms with van der Waals surface area (Å²) in [5, 5.41) is 3.09. The first-order valence-corrected chi connectivity index (χ1v) is 10.9. The number of rotatable bonds is 4. The number of guanidine groups is 1. The van der Waals surface area contributed by atoms with Crippen LogP contribution in [0.5, 0.6) is 11.5 Å². The number of benzene rings is 2. The second-order valence-electron chi connectivity index (χ2n) is 6.57. The highest BCUT2D eigenvalue weighted by atomic mass is 35.5. The number of fused-ring (bicyclic) bond motifs is 1. The first-order chi connectivity index (χ1) is 15.1. The molecular weight excluding hydrogens is 469 g/mol. The first kappa shape index (κ1) is 21.9. The van der Waals surface area contributed by atoms with Crippen molar-refractivity contribution >= 4 is 33.3 Å². The molecule has 0 fully saturated rings. The fourth-order valence-electron chi connectivity index (χ4n) is 2.97. The predicted octanol–water partition coefficient (Wildman–Crippen LogP) is 4.81. The molecule has 2 N–H and O–H groups in total. The summed E-state index contributed by atoms with van der Waals surface area (Å²) in [5.41, 5.74) is -1.22. The number of para-hydroxylation sites is 2. The van der Waals surface area contributed by atoms with E-state index in [9.17, 15) is 21.6 Å². The molecule has 0 spiro atoms. The van der Waals surface area contributed by atoms with Gasteiger partial charge in [0.25, 0.3) is 10.0 Å². The van der Waals surface area contributed by atoms with Crippen LogP contribution in [0.15, 0.2) is 70.7 Å². The Bertz CT molecular complexity index is 1310. The van der Waals surface area contributed by atoms with E-state index >= 15 is 0 Å². The molecule has 166 valence electrons. The lowest BCUT2D eigenvalue weighted by atomic mass is 10.2. The Hall–Kier alpha value is -3.31. The van der Waals surface area contributed by atoms with E-state index in [-0.39, 0.29) is 27.9 Å². The molecule has 1 aliphatic rings. The number of sulfonamides is 1. The standard InChI is InChI=1S/C20H14ClF3N4O3S/c21-13-6-1-2-7-14(13)31-15-8-3-9-16-17(15)27-19(28-32(16,29)30)26-11-12-5-4-10-25-18(12)20(22,23)24/h1-10H,11H2,(H2,26,27,28). The quantitative estimate of drug-likeness (QED) is 0.557. The van der Waals surface area contributed by atoms with Crippen LogP contribution in [0, 0.1) is 0 Å². The molecule has 0 aliphatic carbocycles. The summed E-state index contributed by atoms with van der Waals surface area (Å²) in [6.45, 7) is -0.462. The van der Waals surface area contributed by atoms with Gasteiger partial charge in [-0.15, -0.1) is 0 Å². The van der Waals surface area contributed by atoms with Crippen molar-refractivity contribution in [2.45, 2.75) is 17.6 Å². The van der Waals surface area contributed by atoms with Gasteiger partial charge in [0.05, 0.1) is 11.6 Å². The van der Waals surface area contributed by atoms with Gasteiger partial charge in [-0.2, -0.15) is 13.2 Å². The molecule has 0 radical (unpaired) electrons. The van der Waals surface area contributed by atoms with Gasteiger partial charge >= 0.3 is 6.18 Å². The average molecular weight is 483 g/mol. The van der Waals surface area contributed by atoms with E-state index in [1.807, 2.05) is 0 Å². The zero-order valence-electron chi connectivity index (χ0n) is 16.0. The molecule has 32 heavy (non-hydrogen) atoms. The van der Waals surface area contributed by atoms with E-state index in [1.54, 1.807) is 24.3 Å². The number of alkyl halides is 3. The van der Waals surface area contributed by atoms with Crippen LogP contribution < -0.4 is 14.8 Å². The van der Waals surface area contributed by atoms with Gasteiger partial charge < -0.3 is 10.1 Å². The number of hydrogen-bond donors (Lipinski definition) is 2. The van der Waals surface area contributed by atoms with Crippen LogP contribution in [0.25, 0.3) is 0 Å². The minimum Gasteiger partial charge on any atom is -0.454 e.